The third-order valence-electron chi connectivity index (χ3n) is 1.96. The summed E-state index contributed by atoms with van der Waals surface area (Å²) in [6.45, 7) is 1.79. The van der Waals surface area contributed by atoms with Crippen LogP contribution < -0.4 is 0 Å². The van der Waals surface area contributed by atoms with Crippen LogP contribution in [0.4, 0.5) is 0 Å². The van der Waals surface area contributed by atoms with Crippen LogP contribution in [-0.4, -0.2) is 10.1 Å². The third kappa shape index (κ3) is 2.49. The second-order valence-corrected chi connectivity index (χ2v) is 5.43. The summed E-state index contributed by atoms with van der Waals surface area (Å²) >= 11 is 14.0. The highest BCUT2D eigenvalue weighted by Gasteiger charge is 2.13. The van der Waals surface area contributed by atoms with Gasteiger partial charge >= 0.3 is 0 Å². The third-order valence-corrected chi connectivity index (χ3v) is 3.73. The van der Waals surface area contributed by atoms with E-state index in [-0.39, 0.29) is 5.38 Å². The van der Waals surface area contributed by atoms with Crippen molar-refractivity contribution in [2.24, 2.45) is 0 Å². The average molecular weight is 369 g/mol. The van der Waals surface area contributed by atoms with Crippen LogP contribution in [0.15, 0.2) is 22.7 Å². The van der Waals surface area contributed by atoms with Crippen LogP contribution in [0.3, 0.4) is 0 Å². The molecule has 0 aliphatic heterocycles. The Morgan fingerprint density at radius 1 is 1.44 bits per heavy atom. The summed E-state index contributed by atoms with van der Waals surface area (Å²) in [5.74, 6) is 0.909. The summed E-state index contributed by atoms with van der Waals surface area (Å²) in [4.78, 5) is 4.18. The van der Waals surface area contributed by atoms with E-state index in [1.54, 1.807) is 13.0 Å². The monoisotopic (exact) mass is 368 g/mol. The van der Waals surface area contributed by atoms with Crippen molar-refractivity contribution >= 4 is 45.8 Å². The molecule has 0 fully saturated rings. The van der Waals surface area contributed by atoms with E-state index in [1.807, 2.05) is 12.1 Å². The summed E-state index contributed by atoms with van der Waals surface area (Å²) in [5.41, 5.74) is 0.793. The molecule has 2 rings (SSSR count). The molecule has 0 radical (unpaired) electrons. The first-order valence-corrected chi connectivity index (χ1v) is 6.40. The Balaban J connectivity index is 2.39. The van der Waals surface area contributed by atoms with Gasteiger partial charge in [0.05, 0.1) is 10.4 Å². The second kappa shape index (κ2) is 4.89. The van der Waals surface area contributed by atoms with Gasteiger partial charge in [-0.25, -0.2) is 0 Å². The predicted molar refractivity (Wildman–Crippen MR) is 71.7 cm³/mol. The molecular formula is C10H7Cl2IN2O. The number of aromatic nitrogens is 2. The van der Waals surface area contributed by atoms with Crippen molar-refractivity contribution in [3.05, 3.63) is 32.6 Å². The fourth-order valence-corrected chi connectivity index (χ4v) is 1.75. The molecule has 2 aromatic rings. The lowest BCUT2D eigenvalue weighted by Gasteiger charge is -1.97. The van der Waals surface area contributed by atoms with Crippen LogP contribution in [-0.2, 0) is 0 Å². The SMILES string of the molecule is CC(Cl)c1noc(-c2ccc(I)c(Cl)c2)n1. The van der Waals surface area contributed by atoms with Gasteiger partial charge in [-0.1, -0.05) is 16.8 Å². The maximum Gasteiger partial charge on any atom is 0.258 e. The quantitative estimate of drug-likeness (QED) is 0.586. The van der Waals surface area contributed by atoms with Gasteiger partial charge in [0.25, 0.3) is 5.89 Å². The lowest BCUT2D eigenvalue weighted by atomic mass is 10.2. The zero-order chi connectivity index (χ0) is 11.7. The molecule has 0 N–H and O–H groups in total. The summed E-state index contributed by atoms with van der Waals surface area (Å²) in [6.07, 6.45) is 0. The lowest BCUT2D eigenvalue weighted by molar-refractivity contribution is 0.422. The maximum atomic E-state index is 6.01. The Morgan fingerprint density at radius 3 is 2.75 bits per heavy atom. The van der Waals surface area contributed by atoms with Gasteiger partial charge in [0.1, 0.15) is 0 Å². The van der Waals surface area contributed by atoms with Crippen LogP contribution in [0.5, 0.6) is 0 Å². The van der Waals surface area contributed by atoms with E-state index in [2.05, 4.69) is 32.7 Å². The van der Waals surface area contributed by atoms with Gasteiger partial charge in [-0.3, -0.25) is 0 Å². The molecule has 1 atom stereocenters. The smallest absolute Gasteiger partial charge is 0.258 e. The van der Waals surface area contributed by atoms with E-state index in [0.717, 1.165) is 9.13 Å². The van der Waals surface area contributed by atoms with Crippen LogP contribution in [0.25, 0.3) is 11.5 Å². The van der Waals surface area contributed by atoms with Gasteiger partial charge in [-0.05, 0) is 47.7 Å². The minimum absolute atomic E-state index is 0.267. The summed E-state index contributed by atoms with van der Waals surface area (Å²) in [5, 5.41) is 4.18. The molecule has 1 heterocycles. The second-order valence-electron chi connectivity index (χ2n) is 3.20. The van der Waals surface area contributed by atoms with Crippen LogP contribution in [0.1, 0.15) is 18.1 Å². The molecule has 3 nitrogen and oxygen atoms in total. The van der Waals surface area contributed by atoms with Crippen LogP contribution >= 0.6 is 45.8 Å². The standard InChI is InChI=1S/C10H7Cl2IN2O/c1-5(11)9-14-10(16-15-9)6-2-3-8(13)7(12)4-6/h2-5H,1H3. The van der Waals surface area contributed by atoms with Gasteiger partial charge in [-0.15, -0.1) is 11.6 Å². The highest BCUT2D eigenvalue weighted by atomic mass is 127. The van der Waals surface area contributed by atoms with Crippen molar-refractivity contribution in [1.82, 2.24) is 10.1 Å². The van der Waals surface area contributed by atoms with E-state index in [1.165, 1.54) is 0 Å². The number of nitrogens with zero attached hydrogens (tertiary/aromatic N) is 2. The van der Waals surface area contributed by atoms with Gasteiger partial charge < -0.3 is 4.52 Å². The first-order valence-electron chi connectivity index (χ1n) is 4.51. The van der Waals surface area contributed by atoms with Gasteiger partial charge in [0.2, 0.25) is 0 Å². The van der Waals surface area contributed by atoms with Crippen molar-refractivity contribution in [2.45, 2.75) is 12.3 Å². The zero-order valence-corrected chi connectivity index (χ0v) is 11.9. The lowest BCUT2D eigenvalue weighted by Crippen LogP contribution is -1.86. The number of hydrogen-bond acceptors (Lipinski definition) is 3. The van der Waals surface area contributed by atoms with E-state index < -0.39 is 0 Å². The molecule has 1 aromatic carbocycles. The Morgan fingerprint density at radius 2 is 2.19 bits per heavy atom. The van der Waals surface area contributed by atoms with Crippen molar-refractivity contribution in [2.75, 3.05) is 0 Å². The molecule has 16 heavy (non-hydrogen) atoms. The molecule has 0 spiro atoms. The van der Waals surface area contributed by atoms with E-state index in [9.17, 15) is 0 Å². The van der Waals surface area contributed by atoms with Crippen molar-refractivity contribution in [3.63, 3.8) is 0 Å². The van der Waals surface area contributed by atoms with Gasteiger partial charge in [-0.2, -0.15) is 4.98 Å². The van der Waals surface area contributed by atoms with Crippen LogP contribution in [0.2, 0.25) is 5.02 Å². The first-order chi connectivity index (χ1) is 7.58. The summed E-state index contributed by atoms with van der Waals surface area (Å²) in [6, 6.07) is 5.57. The van der Waals surface area contributed by atoms with E-state index >= 15 is 0 Å². The molecule has 0 amide bonds. The highest BCUT2D eigenvalue weighted by molar-refractivity contribution is 14.1. The number of rotatable bonds is 2. The largest absolute Gasteiger partial charge is 0.334 e. The van der Waals surface area contributed by atoms with Crippen molar-refractivity contribution in [1.29, 1.82) is 0 Å². The number of hydrogen-bond donors (Lipinski definition) is 0. The molecular weight excluding hydrogens is 362 g/mol. The molecule has 84 valence electrons. The molecule has 0 saturated carbocycles. The topological polar surface area (TPSA) is 38.9 Å². The molecule has 6 heteroatoms. The number of halogens is 3. The van der Waals surface area contributed by atoms with Gasteiger partial charge in [0.15, 0.2) is 5.82 Å². The Bertz CT molecular complexity index is 513. The van der Waals surface area contributed by atoms with Crippen LogP contribution in [0, 0.1) is 3.57 Å². The fourth-order valence-electron chi connectivity index (χ4n) is 1.14. The highest BCUT2D eigenvalue weighted by Crippen LogP contribution is 2.26. The molecule has 0 saturated heterocycles. The predicted octanol–water partition coefficient (Wildman–Crippen LogP) is 4.29. The molecule has 1 aromatic heterocycles. The van der Waals surface area contributed by atoms with E-state index in [4.69, 9.17) is 27.7 Å². The summed E-state index contributed by atoms with van der Waals surface area (Å²) in [7, 11) is 0. The molecule has 0 aliphatic carbocycles. The van der Waals surface area contributed by atoms with E-state index in [0.29, 0.717) is 16.7 Å². The molecule has 0 aliphatic rings. The summed E-state index contributed by atoms with van der Waals surface area (Å²) < 4.78 is 6.08. The Hall–Kier alpha value is -0.330. The van der Waals surface area contributed by atoms with Gasteiger partial charge in [0, 0.05) is 9.13 Å². The Labute approximate surface area is 116 Å². The van der Waals surface area contributed by atoms with Crippen molar-refractivity contribution < 1.29 is 4.52 Å². The molecule has 0 bridgehead atoms. The number of benzene rings is 1. The minimum Gasteiger partial charge on any atom is -0.334 e. The normalized spacial score (nSPS) is 12.8. The average Bonchev–Trinajstić information content (AvgIpc) is 2.71. The molecule has 1 unspecified atom stereocenters. The fraction of sp³-hybridized carbons (Fsp3) is 0.200. The maximum absolute atomic E-state index is 6.01. The first kappa shape index (κ1) is 12.1. The Kier molecular flexibility index (Phi) is 3.71. The minimum atomic E-state index is -0.267. The number of alkyl halides is 1. The van der Waals surface area contributed by atoms with Crippen molar-refractivity contribution in [3.8, 4) is 11.5 Å². The zero-order valence-electron chi connectivity index (χ0n) is 8.25.